The summed E-state index contributed by atoms with van der Waals surface area (Å²) in [6.07, 6.45) is 1.56. The van der Waals surface area contributed by atoms with Crippen LogP contribution >= 0.6 is 11.6 Å². The highest BCUT2D eigenvalue weighted by Crippen LogP contribution is 2.18. The molecule has 0 saturated carbocycles. The minimum absolute atomic E-state index is 0.261. The van der Waals surface area contributed by atoms with Crippen molar-refractivity contribution < 1.29 is 4.79 Å². The first-order valence-electron chi connectivity index (χ1n) is 5.40. The van der Waals surface area contributed by atoms with Crippen LogP contribution in [0.5, 0.6) is 0 Å². The molecule has 1 aromatic heterocycles. The van der Waals surface area contributed by atoms with E-state index in [2.05, 4.69) is 15.6 Å². The highest BCUT2D eigenvalue weighted by molar-refractivity contribution is 6.32. The first-order chi connectivity index (χ1) is 8.65. The van der Waals surface area contributed by atoms with Crippen molar-refractivity contribution in [2.24, 2.45) is 0 Å². The van der Waals surface area contributed by atoms with Crippen LogP contribution in [-0.2, 0) is 0 Å². The van der Waals surface area contributed by atoms with Crippen LogP contribution in [0.2, 0.25) is 5.15 Å². The Labute approximate surface area is 110 Å². The largest absolute Gasteiger partial charge is 0.323 e. The molecule has 2 aromatic rings. The van der Waals surface area contributed by atoms with Crippen LogP contribution in [0, 0.1) is 6.92 Å². The van der Waals surface area contributed by atoms with Gasteiger partial charge < -0.3 is 10.6 Å². The van der Waals surface area contributed by atoms with E-state index in [0.29, 0.717) is 5.69 Å². The van der Waals surface area contributed by atoms with Gasteiger partial charge in [-0.3, -0.25) is 0 Å². The normalized spacial score (nSPS) is 9.89. The van der Waals surface area contributed by atoms with Gasteiger partial charge in [-0.1, -0.05) is 23.7 Å². The maximum Gasteiger partial charge on any atom is 0.323 e. The second kappa shape index (κ2) is 5.51. The number of carbonyl (C=O) groups is 1. The smallest absolute Gasteiger partial charge is 0.308 e. The lowest BCUT2D eigenvalue weighted by atomic mass is 10.2. The first kappa shape index (κ1) is 12.4. The van der Waals surface area contributed by atoms with E-state index in [1.807, 2.05) is 31.2 Å². The van der Waals surface area contributed by atoms with Gasteiger partial charge in [0, 0.05) is 11.9 Å². The SMILES string of the molecule is Cc1cccc(NC(=O)Nc2cccnc2Cl)c1. The Hall–Kier alpha value is -2.07. The highest BCUT2D eigenvalue weighted by Gasteiger charge is 2.05. The predicted molar refractivity (Wildman–Crippen MR) is 73.1 cm³/mol. The van der Waals surface area contributed by atoms with E-state index >= 15 is 0 Å². The average Bonchev–Trinajstić information content (AvgIpc) is 2.32. The van der Waals surface area contributed by atoms with E-state index in [-0.39, 0.29) is 11.2 Å². The van der Waals surface area contributed by atoms with Gasteiger partial charge in [-0.2, -0.15) is 0 Å². The molecule has 0 atom stereocenters. The number of benzene rings is 1. The summed E-state index contributed by atoms with van der Waals surface area (Å²) >= 11 is 5.84. The van der Waals surface area contributed by atoms with Crippen LogP contribution in [-0.4, -0.2) is 11.0 Å². The number of nitrogens with one attached hydrogen (secondary N) is 2. The molecule has 18 heavy (non-hydrogen) atoms. The molecule has 0 aliphatic heterocycles. The minimum atomic E-state index is -0.351. The van der Waals surface area contributed by atoms with Gasteiger partial charge in [-0.15, -0.1) is 0 Å². The van der Waals surface area contributed by atoms with Gasteiger partial charge in [0.1, 0.15) is 0 Å². The van der Waals surface area contributed by atoms with Crippen molar-refractivity contribution in [3.05, 3.63) is 53.3 Å². The van der Waals surface area contributed by atoms with Crippen molar-refractivity contribution in [2.75, 3.05) is 10.6 Å². The number of urea groups is 1. The van der Waals surface area contributed by atoms with Gasteiger partial charge in [0.15, 0.2) is 5.15 Å². The molecule has 0 spiro atoms. The summed E-state index contributed by atoms with van der Waals surface area (Å²) in [6, 6.07) is 10.6. The van der Waals surface area contributed by atoms with Gasteiger partial charge in [0.2, 0.25) is 0 Å². The monoisotopic (exact) mass is 261 g/mol. The van der Waals surface area contributed by atoms with Crippen LogP contribution in [0.3, 0.4) is 0 Å². The van der Waals surface area contributed by atoms with E-state index in [0.717, 1.165) is 11.3 Å². The number of hydrogen-bond donors (Lipinski definition) is 2. The summed E-state index contributed by atoms with van der Waals surface area (Å²) in [7, 11) is 0. The zero-order valence-corrected chi connectivity index (χ0v) is 10.5. The number of nitrogens with zero attached hydrogens (tertiary/aromatic N) is 1. The number of amides is 2. The standard InChI is InChI=1S/C13H12ClN3O/c1-9-4-2-5-10(8-9)16-13(18)17-11-6-3-7-15-12(11)14/h2-8H,1H3,(H2,16,17,18). The first-order valence-corrected chi connectivity index (χ1v) is 5.78. The number of halogens is 1. The number of anilines is 2. The lowest BCUT2D eigenvalue weighted by molar-refractivity contribution is 0.262. The van der Waals surface area contributed by atoms with Crippen molar-refractivity contribution in [1.82, 2.24) is 4.98 Å². The predicted octanol–water partition coefficient (Wildman–Crippen LogP) is 3.69. The number of pyridine rings is 1. The fourth-order valence-corrected chi connectivity index (χ4v) is 1.65. The summed E-state index contributed by atoms with van der Waals surface area (Å²) in [5.74, 6) is 0. The zero-order valence-electron chi connectivity index (χ0n) is 9.77. The van der Waals surface area contributed by atoms with E-state index in [4.69, 9.17) is 11.6 Å². The Kier molecular flexibility index (Phi) is 3.79. The number of aryl methyl sites for hydroxylation is 1. The fraction of sp³-hybridized carbons (Fsp3) is 0.0769. The van der Waals surface area contributed by atoms with Gasteiger partial charge in [0.25, 0.3) is 0 Å². The Bertz CT molecular complexity index is 572. The van der Waals surface area contributed by atoms with Crippen LogP contribution < -0.4 is 10.6 Å². The van der Waals surface area contributed by atoms with E-state index in [1.54, 1.807) is 18.3 Å². The molecule has 0 fully saturated rings. The lowest BCUT2D eigenvalue weighted by Gasteiger charge is -2.08. The fourth-order valence-electron chi connectivity index (χ4n) is 1.49. The molecule has 0 radical (unpaired) electrons. The van der Waals surface area contributed by atoms with Gasteiger partial charge in [-0.25, -0.2) is 9.78 Å². The zero-order chi connectivity index (χ0) is 13.0. The molecule has 1 aromatic carbocycles. The van der Waals surface area contributed by atoms with Crippen molar-refractivity contribution in [1.29, 1.82) is 0 Å². The molecule has 92 valence electrons. The second-order valence-electron chi connectivity index (χ2n) is 3.79. The number of aromatic nitrogens is 1. The maximum atomic E-state index is 11.7. The van der Waals surface area contributed by atoms with Gasteiger partial charge >= 0.3 is 6.03 Å². The maximum absolute atomic E-state index is 11.7. The summed E-state index contributed by atoms with van der Waals surface area (Å²) in [5.41, 5.74) is 2.28. The summed E-state index contributed by atoms with van der Waals surface area (Å²) in [6.45, 7) is 1.96. The Morgan fingerprint density at radius 1 is 1.22 bits per heavy atom. The number of rotatable bonds is 2. The highest BCUT2D eigenvalue weighted by atomic mass is 35.5. The molecular formula is C13H12ClN3O. The third kappa shape index (κ3) is 3.21. The third-order valence-corrected chi connectivity index (χ3v) is 2.58. The molecule has 0 aliphatic carbocycles. The molecule has 0 saturated heterocycles. The lowest BCUT2D eigenvalue weighted by Crippen LogP contribution is -2.19. The Morgan fingerprint density at radius 2 is 2.06 bits per heavy atom. The molecule has 2 amide bonds. The quantitative estimate of drug-likeness (QED) is 0.810. The molecule has 5 heteroatoms. The average molecular weight is 262 g/mol. The molecule has 0 unspecified atom stereocenters. The molecule has 4 nitrogen and oxygen atoms in total. The molecule has 1 heterocycles. The third-order valence-electron chi connectivity index (χ3n) is 2.28. The molecule has 2 N–H and O–H groups in total. The number of carbonyl (C=O) groups excluding carboxylic acids is 1. The molecule has 2 rings (SSSR count). The molecule has 0 bridgehead atoms. The summed E-state index contributed by atoms with van der Waals surface area (Å²) in [4.78, 5) is 15.6. The van der Waals surface area contributed by atoms with Crippen LogP contribution in [0.1, 0.15) is 5.56 Å². The number of hydrogen-bond acceptors (Lipinski definition) is 2. The van der Waals surface area contributed by atoms with E-state index in [9.17, 15) is 4.79 Å². The van der Waals surface area contributed by atoms with Crippen molar-refractivity contribution >= 4 is 29.0 Å². The minimum Gasteiger partial charge on any atom is -0.308 e. The van der Waals surface area contributed by atoms with Crippen molar-refractivity contribution in [3.63, 3.8) is 0 Å². The summed E-state index contributed by atoms with van der Waals surface area (Å²) < 4.78 is 0. The van der Waals surface area contributed by atoms with E-state index < -0.39 is 0 Å². The summed E-state index contributed by atoms with van der Waals surface area (Å²) in [5, 5.41) is 5.62. The van der Waals surface area contributed by atoms with E-state index in [1.165, 1.54) is 0 Å². The Morgan fingerprint density at radius 3 is 2.78 bits per heavy atom. The topological polar surface area (TPSA) is 54.0 Å². The second-order valence-corrected chi connectivity index (χ2v) is 4.15. The van der Waals surface area contributed by atoms with Crippen LogP contribution in [0.4, 0.5) is 16.2 Å². The van der Waals surface area contributed by atoms with Crippen molar-refractivity contribution in [2.45, 2.75) is 6.92 Å². The Balaban J connectivity index is 2.03. The van der Waals surface area contributed by atoms with Crippen LogP contribution in [0.15, 0.2) is 42.6 Å². The van der Waals surface area contributed by atoms with Crippen molar-refractivity contribution in [3.8, 4) is 0 Å². The van der Waals surface area contributed by atoms with Gasteiger partial charge in [0.05, 0.1) is 5.69 Å². The molecular weight excluding hydrogens is 250 g/mol. The molecule has 0 aliphatic rings. The van der Waals surface area contributed by atoms with Gasteiger partial charge in [-0.05, 0) is 36.8 Å². The van der Waals surface area contributed by atoms with Crippen LogP contribution in [0.25, 0.3) is 0 Å².